The second-order valence-electron chi connectivity index (χ2n) is 5.92. The lowest BCUT2D eigenvalue weighted by molar-refractivity contribution is -0.0505. The molecule has 1 aromatic rings. The third kappa shape index (κ3) is 3.71. The Balaban J connectivity index is 1.55. The molecule has 21 heavy (non-hydrogen) atoms. The number of piperidine rings is 1. The predicted molar refractivity (Wildman–Crippen MR) is 77.5 cm³/mol. The Morgan fingerprint density at radius 2 is 2.10 bits per heavy atom. The molecule has 0 amide bonds. The Labute approximate surface area is 124 Å². The fourth-order valence-corrected chi connectivity index (χ4v) is 3.52. The fraction of sp³-hybridized carbons (Fsp3) is 0.625. The zero-order chi connectivity index (χ0) is 14.7. The number of rotatable bonds is 5. The van der Waals surface area contributed by atoms with Crippen LogP contribution in [0, 0.1) is 0 Å². The van der Waals surface area contributed by atoms with Gasteiger partial charge in [-0.15, -0.1) is 0 Å². The number of fused-ring (bicyclic) bond motifs is 1. The Kier molecular flexibility index (Phi) is 4.70. The smallest absolute Gasteiger partial charge is 0.387 e. The Morgan fingerprint density at radius 3 is 2.95 bits per heavy atom. The molecule has 0 saturated carbocycles. The van der Waals surface area contributed by atoms with E-state index in [1.807, 2.05) is 12.1 Å². The van der Waals surface area contributed by atoms with Gasteiger partial charge in [-0.05, 0) is 44.8 Å². The van der Waals surface area contributed by atoms with E-state index in [9.17, 15) is 8.78 Å². The molecule has 1 aromatic carbocycles. The summed E-state index contributed by atoms with van der Waals surface area (Å²) in [5.74, 6) is 0.276. The van der Waals surface area contributed by atoms with Crippen molar-refractivity contribution >= 4 is 0 Å². The number of nitrogens with zero attached hydrogens (tertiary/aromatic N) is 1. The van der Waals surface area contributed by atoms with E-state index in [0.29, 0.717) is 18.6 Å². The molecule has 0 radical (unpaired) electrons. The molecular formula is C16H22F2N2O. The van der Waals surface area contributed by atoms with Crippen molar-refractivity contribution in [2.45, 2.75) is 50.9 Å². The second-order valence-corrected chi connectivity index (χ2v) is 5.92. The number of hydrogen-bond donors (Lipinski definition) is 1. The van der Waals surface area contributed by atoms with Gasteiger partial charge in [0.15, 0.2) is 0 Å². The van der Waals surface area contributed by atoms with Crippen molar-refractivity contribution in [2.24, 2.45) is 0 Å². The van der Waals surface area contributed by atoms with Crippen molar-refractivity contribution in [1.29, 1.82) is 0 Å². The molecule has 3 rings (SSSR count). The summed E-state index contributed by atoms with van der Waals surface area (Å²) < 4.78 is 29.4. The van der Waals surface area contributed by atoms with E-state index in [-0.39, 0.29) is 5.75 Å². The van der Waals surface area contributed by atoms with Gasteiger partial charge in [-0.1, -0.05) is 18.2 Å². The van der Waals surface area contributed by atoms with Crippen molar-refractivity contribution in [3.8, 4) is 5.75 Å². The first-order valence-corrected chi connectivity index (χ1v) is 7.72. The van der Waals surface area contributed by atoms with Crippen molar-refractivity contribution in [2.75, 3.05) is 13.1 Å². The summed E-state index contributed by atoms with van der Waals surface area (Å²) in [5, 5.41) is 3.51. The SMILES string of the molecule is FC(F)Oc1ccccc1CNC1CCN2CCCC2C1. The van der Waals surface area contributed by atoms with Crippen LogP contribution in [0.25, 0.3) is 0 Å². The van der Waals surface area contributed by atoms with Gasteiger partial charge >= 0.3 is 6.61 Å². The molecule has 2 unspecified atom stereocenters. The van der Waals surface area contributed by atoms with Gasteiger partial charge in [-0.2, -0.15) is 8.78 Å². The normalized spacial score (nSPS) is 26.0. The zero-order valence-electron chi connectivity index (χ0n) is 12.1. The van der Waals surface area contributed by atoms with E-state index in [2.05, 4.69) is 15.0 Å². The summed E-state index contributed by atoms with van der Waals surface area (Å²) in [6.07, 6.45) is 4.90. The number of halogens is 2. The fourth-order valence-electron chi connectivity index (χ4n) is 3.52. The van der Waals surface area contributed by atoms with Crippen LogP contribution in [0.5, 0.6) is 5.75 Å². The van der Waals surface area contributed by atoms with Crippen LogP contribution in [0.1, 0.15) is 31.2 Å². The highest BCUT2D eigenvalue weighted by atomic mass is 19.3. The van der Waals surface area contributed by atoms with Crippen LogP contribution in [0.2, 0.25) is 0 Å². The van der Waals surface area contributed by atoms with Crippen molar-refractivity contribution < 1.29 is 13.5 Å². The molecule has 5 heteroatoms. The van der Waals surface area contributed by atoms with Gasteiger partial charge in [0.25, 0.3) is 0 Å². The number of para-hydroxylation sites is 1. The quantitative estimate of drug-likeness (QED) is 0.904. The van der Waals surface area contributed by atoms with Crippen LogP contribution < -0.4 is 10.1 Å². The first-order chi connectivity index (χ1) is 10.2. The topological polar surface area (TPSA) is 24.5 Å². The lowest BCUT2D eigenvalue weighted by Crippen LogP contribution is -2.45. The summed E-state index contributed by atoms with van der Waals surface area (Å²) in [7, 11) is 0. The first kappa shape index (κ1) is 14.7. The lowest BCUT2D eigenvalue weighted by atomic mass is 9.97. The van der Waals surface area contributed by atoms with Gasteiger partial charge in [0.1, 0.15) is 5.75 Å². The second kappa shape index (κ2) is 6.71. The molecule has 2 atom stereocenters. The molecule has 2 aliphatic rings. The molecule has 2 saturated heterocycles. The van der Waals surface area contributed by atoms with E-state index in [0.717, 1.165) is 24.9 Å². The van der Waals surface area contributed by atoms with Crippen LogP contribution in [-0.2, 0) is 6.54 Å². The molecule has 2 aliphatic heterocycles. The van der Waals surface area contributed by atoms with Crippen LogP contribution in [0.15, 0.2) is 24.3 Å². The summed E-state index contributed by atoms with van der Waals surface area (Å²) >= 11 is 0. The average Bonchev–Trinajstić information content (AvgIpc) is 2.93. The van der Waals surface area contributed by atoms with Crippen LogP contribution in [0.3, 0.4) is 0 Å². The van der Waals surface area contributed by atoms with Crippen molar-refractivity contribution in [3.05, 3.63) is 29.8 Å². The van der Waals surface area contributed by atoms with Crippen LogP contribution in [-0.4, -0.2) is 36.7 Å². The number of nitrogens with one attached hydrogen (secondary N) is 1. The minimum atomic E-state index is -2.77. The number of alkyl halides is 2. The predicted octanol–water partition coefficient (Wildman–Crippen LogP) is 3.00. The summed E-state index contributed by atoms with van der Waals surface area (Å²) in [6, 6.07) is 8.21. The van der Waals surface area contributed by atoms with E-state index < -0.39 is 6.61 Å². The molecule has 2 heterocycles. The number of benzene rings is 1. The molecule has 3 nitrogen and oxygen atoms in total. The number of hydrogen-bond acceptors (Lipinski definition) is 3. The third-order valence-electron chi connectivity index (χ3n) is 4.59. The van der Waals surface area contributed by atoms with E-state index in [1.165, 1.54) is 19.4 Å². The van der Waals surface area contributed by atoms with E-state index in [1.54, 1.807) is 12.1 Å². The molecule has 1 N–H and O–H groups in total. The van der Waals surface area contributed by atoms with Gasteiger partial charge in [0, 0.05) is 24.2 Å². The first-order valence-electron chi connectivity index (χ1n) is 7.72. The Hall–Kier alpha value is -1.20. The monoisotopic (exact) mass is 296 g/mol. The molecule has 116 valence electrons. The maximum absolute atomic E-state index is 12.4. The van der Waals surface area contributed by atoms with Crippen molar-refractivity contribution in [1.82, 2.24) is 10.2 Å². The van der Waals surface area contributed by atoms with Crippen LogP contribution >= 0.6 is 0 Å². The molecule has 2 fully saturated rings. The van der Waals surface area contributed by atoms with Gasteiger partial charge in [-0.25, -0.2) is 0 Å². The van der Waals surface area contributed by atoms with Gasteiger partial charge in [0.2, 0.25) is 0 Å². The summed E-state index contributed by atoms with van der Waals surface area (Å²) in [6.45, 7) is 0.202. The standard InChI is InChI=1S/C16H22F2N2O/c17-16(18)21-15-6-2-1-4-12(15)11-19-13-7-9-20-8-3-5-14(20)10-13/h1-2,4,6,13-14,16,19H,3,5,7-11H2. The highest BCUT2D eigenvalue weighted by Gasteiger charge is 2.31. The van der Waals surface area contributed by atoms with Crippen molar-refractivity contribution in [3.63, 3.8) is 0 Å². The molecule has 0 aromatic heterocycles. The van der Waals surface area contributed by atoms with E-state index >= 15 is 0 Å². The highest BCUT2D eigenvalue weighted by Crippen LogP contribution is 2.27. The zero-order valence-corrected chi connectivity index (χ0v) is 12.1. The van der Waals surface area contributed by atoms with Gasteiger partial charge in [-0.3, -0.25) is 0 Å². The molecule has 0 spiro atoms. The Bertz CT molecular complexity index is 469. The Morgan fingerprint density at radius 1 is 1.24 bits per heavy atom. The minimum absolute atomic E-state index is 0.276. The maximum Gasteiger partial charge on any atom is 0.387 e. The summed E-state index contributed by atoms with van der Waals surface area (Å²) in [4.78, 5) is 2.58. The van der Waals surface area contributed by atoms with Gasteiger partial charge in [0.05, 0.1) is 0 Å². The van der Waals surface area contributed by atoms with E-state index in [4.69, 9.17) is 0 Å². The highest BCUT2D eigenvalue weighted by molar-refractivity contribution is 5.33. The lowest BCUT2D eigenvalue weighted by Gasteiger charge is -2.35. The minimum Gasteiger partial charge on any atom is -0.434 e. The molecule has 0 aliphatic carbocycles. The molecular weight excluding hydrogens is 274 g/mol. The third-order valence-corrected chi connectivity index (χ3v) is 4.59. The summed E-state index contributed by atoms with van der Waals surface area (Å²) in [5.41, 5.74) is 0.798. The largest absolute Gasteiger partial charge is 0.434 e. The average molecular weight is 296 g/mol. The number of ether oxygens (including phenoxy) is 1. The van der Waals surface area contributed by atoms with Crippen LogP contribution in [0.4, 0.5) is 8.78 Å². The maximum atomic E-state index is 12.4. The van der Waals surface area contributed by atoms with Gasteiger partial charge < -0.3 is 15.0 Å². The molecule has 0 bridgehead atoms.